The summed E-state index contributed by atoms with van der Waals surface area (Å²) in [5.74, 6) is -0.882. The van der Waals surface area contributed by atoms with Crippen molar-refractivity contribution < 1.29 is 28.6 Å². The van der Waals surface area contributed by atoms with Crippen molar-refractivity contribution in [2.75, 3.05) is 13.2 Å². The lowest BCUT2D eigenvalue weighted by Crippen LogP contribution is -2.30. The largest absolute Gasteiger partial charge is 0.462 e. The summed E-state index contributed by atoms with van der Waals surface area (Å²) >= 11 is 0. The number of hydrogen-bond donors (Lipinski definition) is 0. The Balaban J connectivity index is 4.00. The Hall–Kier alpha value is -3.93. The molecule has 476 valence electrons. The molecule has 6 heteroatoms. The highest BCUT2D eigenvalue weighted by molar-refractivity contribution is 5.71. The summed E-state index contributed by atoms with van der Waals surface area (Å²) < 4.78 is 16.8. The zero-order valence-corrected chi connectivity index (χ0v) is 54.7. The minimum Gasteiger partial charge on any atom is -0.462 e. The van der Waals surface area contributed by atoms with E-state index in [1.54, 1.807) is 0 Å². The van der Waals surface area contributed by atoms with Crippen LogP contribution in [0.25, 0.3) is 0 Å². The second kappa shape index (κ2) is 70.6. The van der Waals surface area contributed by atoms with E-state index in [2.05, 4.69) is 130 Å². The highest BCUT2D eigenvalue weighted by atomic mass is 16.6. The standard InChI is InChI=1S/C77H132O6/c1-4-7-10-13-15-17-19-21-23-25-27-29-31-33-35-36-37-38-39-40-42-43-45-47-49-51-53-55-57-59-61-64-67-70-76(79)82-73-74(72-81-75(78)69-66-63-12-9-6-3)83-77(80)71-68-65-62-60-58-56-54-52-50-48-46-44-41-34-32-30-28-26-24-22-20-18-16-14-11-8-5-2/h7,10,15,17,20-23,26-29,33,35,37-38,40,42,74H,4-6,8-9,11-14,16,18-19,24-25,30-32,34,36,39,41,43-73H2,1-3H3/b10-7-,17-15-,22-20-,23-21-,28-26-,29-27-,35-33-,38-37-,42-40-. The molecule has 83 heavy (non-hydrogen) atoms. The highest BCUT2D eigenvalue weighted by Crippen LogP contribution is 2.17. The molecule has 6 nitrogen and oxygen atoms in total. The monoisotopic (exact) mass is 1150 g/mol. The number of allylic oxidation sites excluding steroid dienone is 18. The lowest BCUT2D eigenvalue weighted by Gasteiger charge is -2.18. The molecule has 0 amide bonds. The average Bonchev–Trinajstić information content (AvgIpc) is 3.49. The Kier molecular flexibility index (Phi) is 67.2. The van der Waals surface area contributed by atoms with Gasteiger partial charge in [0.1, 0.15) is 13.2 Å². The van der Waals surface area contributed by atoms with Crippen molar-refractivity contribution in [3.05, 3.63) is 109 Å². The van der Waals surface area contributed by atoms with E-state index < -0.39 is 6.10 Å². The smallest absolute Gasteiger partial charge is 0.306 e. The van der Waals surface area contributed by atoms with Gasteiger partial charge in [0.05, 0.1) is 0 Å². The quantitative estimate of drug-likeness (QED) is 0.0261. The van der Waals surface area contributed by atoms with Crippen molar-refractivity contribution in [2.24, 2.45) is 0 Å². The number of esters is 3. The number of ether oxygens (including phenoxy) is 3. The molecule has 0 aromatic carbocycles. The molecule has 0 heterocycles. The summed E-state index contributed by atoms with van der Waals surface area (Å²) in [6.07, 6.45) is 97.4. The van der Waals surface area contributed by atoms with Crippen LogP contribution in [0.1, 0.15) is 342 Å². The second-order valence-corrected chi connectivity index (χ2v) is 23.4. The summed E-state index contributed by atoms with van der Waals surface area (Å²) in [5, 5.41) is 0. The predicted molar refractivity (Wildman–Crippen MR) is 362 cm³/mol. The normalized spacial score (nSPS) is 12.8. The van der Waals surface area contributed by atoms with Gasteiger partial charge in [-0.25, -0.2) is 0 Å². The lowest BCUT2D eigenvalue weighted by molar-refractivity contribution is -0.167. The zero-order valence-electron chi connectivity index (χ0n) is 54.7. The van der Waals surface area contributed by atoms with Crippen LogP contribution in [0.3, 0.4) is 0 Å². The molecule has 0 spiro atoms. The molecule has 0 rings (SSSR count). The Bertz CT molecular complexity index is 1660. The first-order chi connectivity index (χ1) is 41.0. The van der Waals surface area contributed by atoms with Gasteiger partial charge in [0.2, 0.25) is 0 Å². The first-order valence-corrected chi connectivity index (χ1v) is 35.4. The highest BCUT2D eigenvalue weighted by Gasteiger charge is 2.19. The molecule has 0 fully saturated rings. The van der Waals surface area contributed by atoms with Crippen molar-refractivity contribution in [3.8, 4) is 0 Å². The van der Waals surface area contributed by atoms with Gasteiger partial charge in [-0.3, -0.25) is 14.4 Å². The molecule has 0 N–H and O–H groups in total. The SMILES string of the molecule is CC/C=C\C/C=C\C/C=C\C/C=C\C/C=C\C/C=C\C/C=C\CCCCCCCCCCCCCC(=O)OCC(COC(=O)CCCCCCC)OC(=O)CCCCCCCCCCCCCCCCC/C=C\C/C=C\CCCCCCC. The van der Waals surface area contributed by atoms with Crippen LogP contribution in [0.5, 0.6) is 0 Å². The zero-order chi connectivity index (χ0) is 59.9. The van der Waals surface area contributed by atoms with Crippen molar-refractivity contribution in [1.29, 1.82) is 0 Å². The van der Waals surface area contributed by atoms with Gasteiger partial charge in [-0.15, -0.1) is 0 Å². The maximum absolute atomic E-state index is 12.9. The minimum absolute atomic E-state index is 0.0769. The van der Waals surface area contributed by atoms with E-state index in [1.165, 1.54) is 186 Å². The van der Waals surface area contributed by atoms with Crippen LogP contribution in [0.4, 0.5) is 0 Å². The van der Waals surface area contributed by atoms with Crippen molar-refractivity contribution >= 4 is 17.9 Å². The number of carbonyl (C=O) groups excluding carboxylic acids is 3. The molecule has 0 aliphatic heterocycles. The van der Waals surface area contributed by atoms with Gasteiger partial charge in [-0.05, 0) is 109 Å². The first kappa shape index (κ1) is 79.1. The summed E-state index contributed by atoms with van der Waals surface area (Å²) in [4.78, 5) is 38.0. The molecule has 0 aliphatic rings. The molecular weight excluding hydrogens is 1020 g/mol. The van der Waals surface area contributed by atoms with Crippen molar-refractivity contribution in [2.45, 2.75) is 348 Å². The Morgan fingerprint density at radius 3 is 0.735 bits per heavy atom. The maximum Gasteiger partial charge on any atom is 0.306 e. The molecule has 0 radical (unpaired) electrons. The molecule has 0 bridgehead atoms. The molecular formula is C77H132O6. The van der Waals surface area contributed by atoms with E-state index in [0.29, 0.717) is 19.3 Å². The number of carbonyl (C=O) groups is 3. The summed E-state index contributed by atoms with van der Waals surface area (Å²) in [6, 6.07) is 0. The third-order valence-electron chi connectivity index (χ3n) is 15.3. The second-order valence-electron chi connectivity index (χ2n) is 23.4. The molecule has 1 unspecified atom stereocenters. The van der Waals surface area contributed by atoms with Gasteiger partial charge in [-0.2, -0.15) is 0 Å². The van der Waals surface area contributed by atoms with Crippen LogP contribution >= 0.6 is 0 Å². The Labute approximate surface area is 514 Å². The average molecular weight is 1150 g/mol. The van der Waals surface area contributed by atoms with E-state index in [-0.39, 0.29) is 31.1 Å². The number of unbranched alkanes of at least 4 members (excludes halogenated alkanes) is 35. The van der Waals surface area contributed by atoms with E-state index in [9.17, 15) is 14.4 Å². The fourth-order valence-electron chi connectivity index (χ4n) is 9.99. The van der Waals surface area contributed by atoms with E-state index in [1.807, 2.05) is 0 Å². The molecule has 0 aliphatic carbocycles. The van der Waals surface area contributed by atoms with Crippen molar-refractivity contribution in [3.63, 3.8) is 0 Å². The molecule has 0 saturated heterocycles. The predicted octanol–water partition coefficient (Wildman–Crippen LogP) is 24.6. The van der Waals surface area contributed by atoms with Crippen LogP contribution in [0, 0.1) is 0 Å². The van der Waals surface area contributed by atoms with Gasteiger partial charge < -0.3 is 14.2 Å². The fraction of sp³-hybridized carbons (Fsp3) is 0.727. The first-order valence-electron chi connectivity index (χ1n) is 35.4. The van der Waals surface area contributed by atoms with Crippen LogP contribution in [-0.2, 0) is 28.6 Å². The van der Waals surface area contributed by atoms with E-state index >= 15 is 0 Å². The van der Waals surface area contributed by atoms with E-state index in [0.717, 1.165) is 116 Å². The van der Waals surface area contributed by atoms with Crippen LogP contribution in [0.2, 0.25) is 0 Å². The fourth-order valence-corrected chi connectivity index (χ4v) is 9.99. The van der Waals surface area contributed by atoms with Crippen LogP contribution < -0.4 is 0 Å². The number of rotatable bonds is 64. The van der Waals surface area contributed by atoms with Gasteiger partial charge in [0.15, 0.2) is 6.10 Å². The lowest BCUT2D eigenvalue weighted by atomic mass is 10.0. The van der Waals surface area contributed by atoms with Gasteiger partial charge in [-0.1, -0.05) is 323 Å². The summed E-state index contributed by atoms with van der Waals surface area (Å²) in [5.41, 5.74) is 0. The maximum atomic E-state index is 12.9. The van der Waals surface area contributed by atoms with Crippen LogP contribution in [-0.4, -0.2) is 37.2 Å². The topological polar surface area (TPSA) is 78.9 Å². The third kappa shape index (κ3) is 68.7. The summed E-state index contributed by atoms with van der Waals surface area (Å²) in [6.45, 7) is 6.46. The summed E-state index contributed by atoms with van der Waals surface area (Å²) in [7, 11) is 0. The molecule has 0 saturated carbocycles. The Morgan fingerprint density at radius 1 is 0.253 bits per heavy atom. The van der Waals surface area contributed by atoms with Gasteiger partial charge >= 0.3 is 17.9 Å². The van der Waals surface area contributed by atoms with Crippen molar-refractivity contribution in [1.82, 2.24) is 0 Å². The van der Waals surface area contributed by atoms with E-state index in [4.69, 9.17) is 14.2 Å². The molecule has 0 aromatic heterocycles. The molecule has 0 aromatic rings. The van der Waals surface area contributed by atoms with Gasteiger partial charge in [0, 0.05) is 19.3 Å². The minimum atomic E-state index is -0.776. The number of hydrogen-bond acceptors (Lipinski definition) is 6. The van der Waals surface area contributed by atoms with Crippen LogP contribution in [0.15, 0.2) is 109 Å². The third-order valence-corrected chi connectivity index (χ3v) is 15.3. The Morgan fingerprint density at radius 2 is 0.470 bits per heavy atom. The molecule has 1 atom stereocenters. The van der Waals surface area contributed by atoms with Gasteiger partial charge in [0.25, 0.3) is 0 Å².